The van der Waals surface area contributed by atoms with Crippen LogP contribution in [0.2, 0.25) is 0 Å². The molecule has 51 heavy (non-hydrogen) atoms. The van der Waals surface area contributed by atoms with E-state index in [2.05, 4.69) is 0 Å². The molecule has 6 rings (SSSR count). The smallest absolute Gasteiger partial charge is 0.127 e. The lowest BCUT2D eigenvalue weighted by molar-refractivity contribution is 0.148. The summed E-state index contributed by atoms with van der Waals surface area (Å²) in [6.07, 6.45) is 2.03. The van der Waals surface area contributed by atoms with Crippen LogP contribution in [0.3, 0.4) is 0 Å². The SMILES string of the molecule is Cc1cc(Cc2cc(C)c(O)c(C=N[C@@H](c3ccccc3)[C@H](O)c3ccccc3)c2)cc(C=N[C@@H](c2ccccc2)[C@H](O)c2ccccc2)c1O. The fraction of sp³-hybridized carbons (Fsp3) is 0.156. The van der Waals surface area contributed by atoms with Crippen LogP contribution >= 0.6 is 0 Å². The molecule has 0 aliphatic heterocycles. The predicted octanol–water partition coefficient (Wildman–Crippen LogP) is 9.09. The van der Waals surface area contributed by atoms with Gasteiger partial charge in [-0.2, -0.15) is 0 Å². The number of aliphatic imine (C=N–C) groups is 2. The fourth-order valence-corrected chi connectivity index (χ4v) is 6.39. The first-order valence-corrected chi connectivity index (χ1v) is 17.1. The number of rotatable bonds is 12. The number of phenols is 2. The summed E-state index contributed by atoms with van der Waals surface area (Å²) in [7, 11) is 0. The maximum Gasteiger partial charge on any atom is 0.127 e. The Morgan fingerprint density at radius 1 is 0.471 bits per heavy atom. The molecule has 0 aliphatic rings. The molecule has 6 heteroatoms. The zero-order chi connectivity index (χ0) is 35.7. The molecule has 0 unspecified atom stereocenters. The number of aliphatic hydroxyl groups is 2. The van der Waals surface area contributed by atoms with Gasteiger partial charge < -0.3 is 20.4 Å². The Balaban J connectivity index is 1.29. The van der Waals surface area contributed by atoms with Crippen molar-refractivity contribution in [2.24, 2.45) is 9.98 Å². The molecule has 0 saturated carbocycles. The molecule has 0 amide bonds. The predicted molar refractivity (Wildman–Crippen MR) is 205 cm³/mol. The molecule has 0 heterocycles. The van der Waals surface area contributed by atoms with Crippen molar-refractivity contribution in [2.75, 3.05) is 0 Å². The van der Waals surface area contributed by atoms with Gasteiger partial charge in [-0.3, -0.25) is 9.98 Å². The Morgan fingerprint density at radius 3 is 1.12 bits per heavy atom. The van der Waals surface area contributed by atoms with E-state index in [-0.39, 0.29) is 11.5 Å². The van der Waals surface area contributed by atoms with Crippen molar-refractivity contribution >= 4 is 12.4 Å². The number of aromatic hydroxyl groups is 2. The Hall–Kier alpha value is -5.82. The number of hydrogen-bond acceptors (Lipinski definition) is 6. The molecule has 4 atom stereocenters. The number of nitrogens with zero attached hydrogens (tertiary/aromatic N) is 2. The van der Waals surface area contributed by atoms with E-state index in [1.807, 2.05) is 159 Å². The molecule has 6 aromatic rings. The van der Waals surface area contributed by atoms with Crippen molar-refractivity contribution in [3.05, 3.63) is 201 Å². The zero-order valence-electron chi connectivity index (χ0n) is 28.7. The first kappa shape index (κ1) is 35.0. The van der Waals surface area contributed by atoms with Crippen molar-refractivity contribution in [1.82, 2.24) is 0 Å². The van der Waals surface area contributed by atoms with Crippen LogP contribution in [0.1, 0.15) is 79.9 Å². The normalized spacial score (nSPS) is 14.0. The molecule has 0 fully saturated rings. The van der Waals surface area contributed by atoms with Crippen molar-refractivity contribution in [1.29, 1.82) is 0 Å². The van der Waals surface area contributed by atoms with E-state index in [0.717, 1.165) is 33.4 Å². The summed E-state index contributed by atoms with van der Waals surface area (Å²) in [4.78, 5) is 9.65. The van der Waals surface area contributed by atoms with Gasteiger partial charge in [0.1, 0.15) is 35.8 Å². The highest BCUT2D eigenvalue weighted by atomic mass is 16.3. The lowest BCUT2D eigenvalue weighted by atomic mass is 9.95. The molecule has 6 aromatic carbocycles. The van der Waals surface area contributed by atoms with Gasteiger partial charge in [-0.25, -0.2) is 0 Å². The molecule has 0 spiro atoms. The van der Waals surface area contributed by atoms with E-state index in [1.165, 1.54) is 0 Å². The van der Waals surface area contributed by atoms with Gasteiger partial charge in [0.2, 0.25) is 0 Å². The minimum absolute atomic E-state index is 0.127. The minimum Gasteiger partial charge on any atom is -0.507 e. The summed E-state index contributed by atoms with van der Waals surface area (Å²) in [5.74, 6) is 0.254. The first-order chi connectivity index (χ1) is 24.8. The average molecular weight is 675 g/mol. The van der Waals surface area contributed by atoms with Gasteiger partial charge in [0.25, 0.3) is 0 Å². The summed E-state index contributed by atoms with van der Waals surface area (Å²) in [6.45, 7) is 3.71. The lowest BCUT2D eigenvalue weighted by Crippen LogP contribution is -2.09. The van der Waals surface area contributed by atoms with Gasteiger partial charge in [0.15, 0.2) is 0 Å². The minimum atomic E-state index is -0.883. The van der Waals surface area contributed by atoms with Crippen LogP contribution in [0.5, 0.6) is 11.5 Å². The number of benzene rings is 6. The molecule has 4 N–H and O–H groups in total. The van der Waals surface area contributed by atoms with Crippen LogP contribution < -0.4 is 0 Å². The van der Waals surface area contributed by atoms with Gasteiger partial charge in [0.05, 0.1) is 0 Å². The van der Waals surface area contributed by atoms with E-state index in [4.69, 9.17) is 9.98 Å². The van der Waals surface area contributed by atoms with Gasteiger partial charge >= 0.3 is 0 Å². The quantitative estimate of drug-likeness (QED) is 0.0972. The van der Waals surface area contributed by atoms with Gasteiger partial charge in [-0.1, -0.05) is 133 Å². The van der Waals surface area contributed by atoms with Crippen molar-refractivity contribution in [3.8, 4) is 11.5 Å². The first-order valence-electron chi connectivity index (χ1n) is 17.1. The van der Waals surface area contributed by atoms with Gasteiger partial charge in [-0.15, -0.1) is 0 Å². The Morgan fingerprint density at radius 2 is 0.784 bits per heavy atom. The average Bonchev–Trinajstić information content (AvgIpc) is 3.16. The number of hydrogen-bond donors (Lipinski definition) is 4. The molecule has 256 valence electrons. The topological polar surface area (TPSA) is 106 Å². The van der Waals surface area contributed by atoms with Crippen LogP contribution in [-0.4, -0.2) is 32.9 Å². The number of phenolic OH excluding ortho intramolecular Hbond substituents is 2. The summed E-state index contributed by atoms with van der Waals surface area (Å²) >= 11 is 0. The van der Waals surface area contributed by atoms with Crippen LogP contribution in [0.15, 0.2) is 156 Å². The molecule has 0 aromatic heterocycles. The van der Waals surface area contributed by atoms with Gasteiger partial charge in [0, 0.05) is 23.6 Å². The van der Waals surface area contributed by atoms with E-state index >= 15 is 0 Å². The van der Waals surface area contributed by atoms with E-state index in [0.29, 0.717) is 28.7 Å². The third kappa shape index (κ3) is 8.50. The van der Waals surface area contributed by atoms with Crippen LogP contribution in [-0.2, 0) is 6.42 Å². The van der Waals surface area contributed by atoms with Crippen LogP contribution in [0.4, 0.5) is 0 Å². The molecule has 0 radical (unpaired) electrons. The van der Waals surface area contributed by atoms with Crippen molar-refractivity contribution < 1.29 is 20.4 Å². The second-order valence-electron chi connectivity index (χ2n) is 12.9. The zero-order valence-corrected chi connectivity index (χ0v) is 28.7. The molecule has 0 aliphatic carbocycles. The largest absolute Gasteiger partial charge is 0.507 e. The third-order valence-corrected chi connectivity index (χ3v) is 9.10. The highest BCUT2D eigenvalue weighted by Gasteiger charge is 2.23. The van der Waals surface area contributed by atoms with Crippen molar-refractivity contribution in [3.63, 3.8) is 0 Å². The molecule has 0 bridgehead atoms. The monoisotopic (exact) mass is 674 g/mol. The van der Waals surface area contributed by atoms with Crippen LogP contribution in [0, 0.1) is 13.8 Å². The Kier molecular flexibility index (Phi) is 11.2. The highest BCUT2D eigenvalue weighted by molar-refractivity contribution is 5.86. The molecular formula is C45H42N2O4. The summed E-state index contributed by atoms with van der Waals surface area (Å²) in [5, 5.41) is 44.9. The van der Waals surface area contributed by atoms with E-state index in [1.54, 1.807) is 12.4 Å². The summed E-state index contributed by atoms with van der Waals surface area (Å²) in [5.41, 5.74) is 7.61. The second kappa shape index (κ2) is 16.3. The van der Waals surface area contributed by atoms with Crippen LogP contribution in [0.25, 0.3) is 0 Å². The maximum atomic E-state index is 11.4. The third-order valence-electron chi connectivity index (χ3n) is 9.10. The Bertz CT molecular complexity index is 1950. The number of aliphatic hydroxyl groups excluding tert-OH is 2. The Labute approximate surface area is 299 Å². The second-order valence-corrected chi connectivity index (χ2v) is 12.9. The maximum absolute atomic E-state index is 11.4. The van der Waals surface area contributed by atoms with E-state index < -0.39 is 24.3 Å². The summed E-state index contributed by atoms with van der Waals surface area (Å²) in [6, 6.07) is 44.7. The van der Waals surface area contributed by atoms with E-state index in [9.17, 15) is 20.4 Å². The lowest BCUT2D eigenvalue weighted by Gasteiger charge is -2.20. The number of aryl methyl sites for hydroxylation is 2. The molecule has 6 nitrogen and oxygen atoms in total. The highest BCUT2D eigenvalue weighted by Crippen LogP contribution is 2.35. The summed E-state index contributed by atoms with van der Waals surface area (Å²) < 4.78 is 0. The molecule has 0 saturated heterocycles. The standard InChI is InChI=1S/C45H42N2O4/c1-30-23-32(26-38(42(30)48)28-46-40(34-15-7-3-8-16-34)44(50)36-19-11-5-12-20-36)25-33-24-31(2)43(49)39(27-33)29-47-41(35-17-9-4-10-18-35)45(51)37-21-13-6-14-22-37/h3-24,26-29,40-41,44-45,48-51H,25H2,1-2H3/t40-,41-,44+,45+/m0/s1. The van der Waals surface area contributed by atoms with Gasteiger partial charge in [-0.05, 0) is 76.9 Å². The van der Waals surface area contributed by atoms with Crippen molar-refractivity contribution in [2.45, 2.75) is 44.6 Å². The fourth-order valence-electron chi connectivity index (χ4n) is 6.39. The molecular weight excluding hydrogens is 633 g/mol.